The lowest BCUT2D eigenvalue weighted by atomic mass is 10.0. The van der Waals surface area contributed by atoms with Crippen LogP contribution in [0.1, 0.15) is 47.4 Å². The maximum absolute atomic E-state index is 13.0. The Morgan fingerprint density at radius 2 is 1.84 bits per heavy atom. The van der Waals surface area contributed by atoms with Crippen molar-refractivity contribution in [3.63, 3.8) is 0 Å². The van der Waals surface area contributed by atoms with Crippen LogP contribution in [-0.2, 0) is 9.59 Å². The Balaban J connectivity index is 0.00000141. The second-order valence-electron chi connectivity index (χ2n) is 6.74. The van der Waals surface area contributed by atoms with Gasteiger partial charge in [-0.15, -0.1) is 0 Å². The largest absolute Gasteiger partial charge is 0.383 e. The zero-order chi connectivity index (χ0) is 23.3. The predicted octanol–water partition coefficient (Wildman–Crippen LogP) is 2.08. The molecule has 32 heavy (non-hydrogen) atoms. The van der Waals surface area contributed by atoms with Gasteiger partial charge < -0.3 is 10.6 Å². The quantitative estimate of drug-likeness (QED) is 0.340. The highest BCUT2D eigenvalue weighted by Gasteiger charge is 2.45. The Morgan fingerprint density at radius 3 is 2.56 bits per heavy atom. The Morgan fingerprint density at radius 1 is 1.09 bits per heavy atom. The zero-order valence-electron chi connectivity index (χ0n) is 17.6. The Hall–Kier alpha value is -3.53. The van der Waals surface area contributed by atoms with Gasteiger partial charge in [-0.05, 0) is 36.2 Å². The third-order valence-corrected chi connectivity index (χ3v) is 5.02. The fourth-order valence-electron chi connectivity index (χ4n) is 3.48. The van der Waals surface area contributed by atoms with E-state index >= 15 is 0 Å². The van der Waals surface area contributed by atoms with Crippen molar-refractivity contribution >= 4 is 46.7 Å². The first-order valence-corrected chi connectivity index (χ1v) is 10.6. The molecule has 168 valence electrons. The second-order valence-corrected chi connectivity index (χ2v) is 7.08. The fraction of sp³-hybridized carbons (Fsp3) is 0.333. The lowest BCUT2D eigenvalue weighted by Gasteiger charge is -2.27. The highest BCUT2D eigenvalue weighted by Crippen LogP contribution is 2.32. The number of aromatic nitrogens is 2. The molecule has 1 atom stereocenters. The van der Waals surface area contributed by atoms with Crippen molar-refractivity contribution in [2.24, 2.45) is 0 Å². The van der Waals surface area contributed by atoms with Crippen LogP contribution in [0.2, 0.25) is 5.28 Å². The molecule has 1 aromatic carbocycles. The van der Waals surface area contributed by atoms with Crippen LogP contribution in [0.15, 0.2) is 30.5 Å². The number of nitrogens with zero attached hydrogens (tertiary/aromatic N) is 3. The number of imide groups is 2. The molecule has 3 N–H and O–H groups in total. The lowest BCUT2D eigenvalue weighted by Crippen LogP contribution is -2.54. The molecular formula is C21H23ClN6O4. The Kier molecular flexibility index (Phi) is 7.37. The number of benzene rings is 1. The Bertz CT molecular complexity index is 1060. The lowest BCUT2D eigenvalue weighted by molar-refractivity contribution is -0.136. The van der Waals surface area contributed by atoms with E-state index in [1.165, 1.54) is 6.20 Å². The Labute approximate surface area is 189 Å². The molecule has 2 aliphatic heterocycles. The molecule has 0 radical (unpaired) electrons. The first-order chi connectivity index (χ1) is 15.5. The molecule has 3 heterocycles. The van der Waals surface area contributed by atoms with Crippen molar-refractivity contribution in [2.45, 2.75) is 32.7 Å². The van der Waals surface area contributed by atoms with E-state index in [1.807, 2.05) is 13.8 Å². The summed E-state index contributed by atoms with van der Waals surface area (Å²) in [5, 5.41) is 8.51. The number of anilines is 2. The van der Waals surface area contributed by atoms with Crippen molar-refractivity contribution in [3.05, 3.63) is 46.9 Å². The van der Waals surface area contributed by atoms with E-state index in [0.717, 1.165) is 4.90 Å². The summed E-state index contributed by atoms with van der Waals surface area (Å²) in [5.41, 5.74) is 0.936. The van der Waals surface area contributed by atoms with Crippen LogP contribution in [-0.4, -0.2) is 57.6 Å². The SMILES string of the molecule is CC.O=C1CCC(N2C(=O)c3cccc(NCCNc4ccnc(Cl)n4)c3C2=O)C(=O)N1. The van der Waals surface area contributed by atoms with E-state index in [2.05, 4.69) is 25.9 Å². The molecule has 11 heteroatoms. The number of rotatable bonds is 6. The third kappa shape index (κ3) is 4.70. The number of halogens is 1. The number of carbonyl (C=O) groups is 4. The minimum absolute atomic E-state index is 0.0770. The topological polar surface area (TPSA) is 133 Å². The van der Waals surface area contributed by atoms with E-state index in [0.29, 0.717) is 24.6 Å². The van der Waals surface area contributed by atoms with Crippen LogP contribution < -0.4 is 16.0 Å². The van der Waals surface area contributed by atoms with Gasteiger partial charge in [-0.1, -0.05) is 19.9 Å². The summed E-state index contributed by atoms with van der Waals surface area (Å²) >= 11 is 5.74. The van der Waals surface area contributed by atoms with Gasteiger partial charge in [0.2, 0.25) is 17.1 Å². The molecule has 2 aliphatic rings. The second kappa shape index (κ2) is 10.2. The van der Waals surface area contributed by atoms with Gasteiger partial charge in [0.1, 0.15) is 11.9 Å². The highest BCUT2D eigenvalue weighted by atomic mass is 35.5. The van der Waals surface area contributed by atoms with Crippen molar-refractivity contribution in [2.75, 3.05) is 23.7 Å². The van der Waals surface area contributed by atoms with Gasteiger partial charge in [0.15, 0.2) is 0 Å². The molecular weight excluding hydrogens is 436 g/mol. The van der Waals surface area contributed by atoms with Crippen molar-refractivity contribution < 1.29 is 19.2 Å². The normalized spacial score (nSPS) is 17.3. The average Bonchev–Trinajstić information content (AvgIpc) is 3.04. The van der Waals surface area contributed by atoms with Crippen LogP contribution in [0.4, 0.5) is 11.5 Å². The van der Waals surface area contributed by atoms with E-state index in [4.69, 9.17) is 11.6 Å². The summed E-state index contributed by atoms with van der Waals surface area (Å²) < 4.78 is 0. The van der Waals surface area contributed by atoms with Gasteiger partial charge in [-0.3, -0.25) is 29.4 Å². The van der Waals surface area contributed by atoms with Crippen molar-refractivity contribution in [1.82, 2.24) is 20.2 Å². The number of hydrogen-bond acceptors (Lipinski definition) is 8. The molecule has 4 rings (SSSR count). The number of piperidine rings is 1. The van der Waals surface area contributed by atoms with Crippen LogP contribution >= 0.6 is 11.6 Å². The first-order valence-electron chi connectivity index (χ1n) is 10.3. The molecule has 1 saturated heterocycles. The standard InChI is InChI=1S/C19H17ClN6O4.C2H6/c20-19-23-7-6-13(24-19)22-9-8-21-11-3-1-2-10-15(11)18(30)26(17(10)29)12-4-5-14(27)25-16(12)28;1-2/h1-3,6-7,12,21H,4-5,8-9H2,(H,22,23,24)(H,25,27,28);1-2H3. The van der Waals surface area contributed by atoms with E-state index in [9.17, 15) is 19.2 Å². The van der Waals surface area contributed by atoms with E-state index in [-0.39, 0.29) is 29.3 Å². The van der Waals surface area contributed by atoms with Gasteiger partial charge in [0, 0.05) is 31.4 Å². The molecule has 0 saturated carbocycles. The van der Waals surface area contributed by atoms with Gasteiger partial charge in [-0.2, -0.15) is 0 Å². The van der Waals surface area contributed by atoms with Crippen molar-refractivity contribution in [1.29, 1.82) is 0 Å². The average molecular weight is 459 g/mol. The highest BCUT2D eigenvalue weighted by molar-refractivity contribution is 6.28. The summed E-state index contributed by atoms with van der Waals surface area (Å²) in [5.74, 6) is -1.58. The third-order valence-electron chi connectivity index (χ3n) is 4.84. The molecule has 0 spiro atoms. The summed E-state index contributed by atoms with van der Waals surface area (Å²) in [4.78, 5) is 58.1. The van der Waals surface area contributed by atoms with Gasteiger partial charge in [0.05, 0.1) is 11.1 Å². The maximum atomic E-state index is 13.0. The number of nitrogens with one attached hydrogen (secondary N) is 3. The number of carbonyl (C=O) groups excluding carboxylic acids is 4. The van der Waals surface area contributed by atoms with Crippen LogP contribution in [0.5, 0.6) is 0 Å². The molecule has 4 amide bonds. The maximum Gasteiger partial charge on any atom is 0.264 e. The van der Waals surface area contributed by atoms with Gasteiger partial charge in [-0.25, -0.2) is 9.97 Å². The van der Waals surface area contributed by atoms with Crippen LogP contribution in [0.3, 0.4) is 0 Å². The summed E-state index contributed by atoms with van der Waals surface area (Å²) in [6, 6.07) is 5.59. The van der Waals surface area contributed by atoms with Gasteiger partial charge in [0.25, 0.3) is 11.8 Å². The first kappa shape index (κ1) is 23.1. The molecule has 2 aromatic rings. The predicted molar refractivity (Wildman–Crippen MR) is 118 cm³/mol. The fourth-order valence-corrected chi connectivity index (χ4v) is 3.63. The molecule has 1 aromatic heterocycles. The minimum atomic E-state index is -0.993. The molecule has 10 nitrogen and oxygen atoms in total. The molecule has 0 aliphatic carbocycles. The molecule has 1 fully saturated rings. The van der Waals surface area contributed by atoms with Crippen molar-refractivity contribution in [3.8, 4) is 0 Å². The van der Waals surface area contributed by atoms with Gasteiger partial charge >= 0.3 is 0 Å². The summed E-state index contributed by atoms with van der Waals surface area (Å²) in [6.45, 7) is 4.90. The number of amides is 4. The number of fused-ring (bicyclic) bond motifs is 1. The monoisotopic (exact) mass is 458 g/mol. The smallest absolute Gasteiger partial charge is 0.264 e. The van der Waals surface area contributed by atoms with Crippen LogP contribution in [0, 0.1) is 0 Å². The molecule has 0 bridgehead atoms. The van der Waals surface area contributed by atoms with E-state index < -0.39 is 29.7 Å². The zero-order valence-corrected chi connectivity index (χ0v) is 18.4. The molecule has 1 unspecified atom stereocenters. The van der Waals surface area contributed by atoms with Crippen LogP contribution in [0.25, 0.3) is 0 Å². The van der Waals surface area contributed by atoms with E-state index in [1.54, 1.807) is 24.3 Å². The summed E-state index contributed by atoms with van der Waals surface area (Å²) in [6.07, 6.45) is 1.72. The summed E-state index contributed by atoms with van der Waals surface area (Å²) in [7, 11) is 0. The minimum Gasteiger partial charge on any atom is -0.383 e. The number of hydrogen-bond donors (Lipinski definition) is 3.